The number of ketones is 2. The average molecular weight is 162 g/mol. The number of carbonyl (C=O) groups excluding carboxylic acids is 2. The molecular weight excluding hydrogens is 156 g/mol. The summed E-state index contributed by atoms with van der Waals surface area (Å²) in [5.41, 5.74) is 0. The Labute approximate surface area is 68.7 Å². The molecule has 2 rings (SSSR count). The molecule has 0 aromatic rings. The fourth-order valence-corrected chi connectivity index (χ4v) is 1.25. The van der Waals surface area contributed by atoms with Gasteiger partial charge in [-0.25, -0.2) is 0 Å². The lowest BCUT2D eigenvalue weighted by Crippen LogP contribution is -2.40. The number of rotatable bonds is 0. The van der Waals surface area contributed by atoms with Gasteiger partial charge in [0.1, 0.15) is 12.1 Å². The maximum Gasteiger partial charge on any atom is 0.182 e. The number of carbonyl (C=O) groups is 2. The maximum atomic E-state index is 11.1. The highest BCUT2D eigenvalue weighted by Crippen LogP contribution is 2.14. The Balaban J connectivity index is 2.41. The number of hydrogen-bond acceptors (Lipinski definition) is 4. The van der Waals surface area contributed by atoms with E-state index in [1.807, 2.05) is 0 Å². The number of fused-ring (bicyclic) bond motifs is 1. The Kier molecular flexibility index (Phi) is 1.46. The van der Waals surface area contributed by atoms with Crippen LogP contribution in [0.2, 0.25) is 0 Å². The monoisotopic (exact) mass is 162 g/mol. The van der Waals surface area contributed by atoms with Gasteiger partial charge in [0.15, 0.2) is 11.6 Å². The molecule has 1 aliphatic carbocycles. The van der Waals surface area contributed by atoms with E-state index < -0.39 is 12.1 Å². The smallest absolute Gasteiger partial charge is 0.182 e. The summed E-state index contributed by atoms with van der Waals surface area (Å²) in [7, 11) is 0. The van der Waals surface area contributed by atoms with Gasteiger partial charge < -0.3 is 0 Å². The van der Waals surface area contributed by atoms with Crippen LogP contribution in [0.4, 0.5) is 0 Å². The van der Waals surface area contributed by atoms with Crippen LogP contribution in [0.5, 0.6) is 0 Å². The van der Waals surface area contributed by atoms with E-state index in [0.29, 0.717) is 0 Å². The molecule has 4 heteroatoms. The summed E-state index contributed by atoms with van der Waals surface area (Å²) >= 11 is 0. The minimum absolute atomic E-state index is 0.146. The van der Waals surface area contributed by atoms with E-state index in [1.165, 1.54) is 24.6 Å². The molecule has 0 saturated heterocycles. The van der Waals surface area contributed by atoms with Crippen molar-refractivity contribution in [1.29, 1.82) is 0 Å². The van der Waals surface area contributed by atoms with E-state index in [-0.39, 0.29) is 11.6 Å². The molecule has 4 nitrogen and oxygen atoms in total. The molecule has 0 spiro atoms. The van der Waals surface area contributed by atoms with Crippen molar-refractivity contribution in [3.63, 3.8) is 0 Å². The fraction of sp³-hybridized carbons (Fsp3) is 0.250. The van der Waals surface area contributed by atoms with Crippen molar-refractivity contribution in [1.82, 2.24) is 0 Å². The molecule has 0 saturated carbocycles. The normalized spacial score (nSPS) is 32.3. The Bertz CT molecular complexity index is 296. The lowest BCUT2D eigenvalue weighted by Gasteiger charge is -2.20. The zero-order chi connectivity index (χ0) is 8.55. The second-order valence-corrected chi connectivity index (χ2v) is 2.62. The van der Waals surface area contributed by atoms with Crippen LogP contribution in [0.1, 0.15) is 0 Å². The van der Waals surface area contributed by atoms with Crippen molar-refractivity contribution in [3.8, 4) is 0 Å². The molecule has 0 bridgehead atoms. The molecule has 2 aliphatic rings. The first-order valence-electron chi connectivity index (χ1n) is 3.60. The molecule has 60 valence electrons. The molecule has 0 N–H and O–H groups in total. The van der Waals surface area contributed by atoms with Gasteiger partial charge in [0.05, 0.1) is 0 Å². The minimum atomic E-state index is -0.604. The first-order chi connectivity index (χ1) is 5.79. The molecule has 12 heavy (non-hydrogen) atoms. The van der Waals surface area contributed by atoms with Crippen LogP contribution in [0.3, 0.4) is 0 Å². The van der Waals surface area contributed by atoms with Crippen molar-refractivity contribution in [2.24, 2.45) is 9.98 Å². The van der Waals surface area contributed by atoms with Crippen LogP contribution >= 0.6 is 0 Å². The van der Waals surface area contributed by atoms with Gasteiger partial charge in [0, 0.05) is 12.4 Å². The van der Waals surface area contributed by atoms with E-state index in [4.69, 9.17) is 0 Å². The highest BCUT2D eigenvalue weighted by molar-refractivity contribution is 6.21. The third-order valence-corrected chi connectivity index (χ3v) is 1.85. The Morgan fingerprint density at radius 1 is 0.917 bits per heavy atom. The van der Waals surface area contributed by atoms with E-state index >= 15 is 0 Å². The molecule has 1 heterocycles. The van der Waals surface area contributed by atoms with Gasteiger partial charge in [-0.05, 0) is 12.2 Å². The highest BCUT2D eigenvalue weighted by atomic mass is 16.1. The second kappa shape index (κ2) is 2.48. The quantitative estimate of drug-likeness (QED) is 0.486. The molecule has 0 radical (unpaired) electrons. The third-order valence-electron chi connectivity index (χ3n) is 1.85. The van der Waals surface area contributed by atoms with E-state index in [2.05, 4.69) is 9.98 Å². The molecule has 0 fully saturated rings. The third kappa shape index (κ3) is 0.922. The summed E-state index contributed by atoms with van der Waals surface area (Å²) in [6, 6.07) is -1.21. The summed E-state index contributed by atoms with van der Waals surface area (Å²) in [5, 5.41) is 0. The number of hydrogen-bond donors (Lipinski definition) is 0. The summed E-state index contributed by atoms with van der Waals surface area (Å²) in [4.78, 5) is 30.1. The SMILES string of the molecule is O=C1C=CC(=O)C2N=CC=NC12. The summed E-state index contributed by atoms with van der Waals surface area (Å²) in [6.07, 6.45) is 5.43. The Hall–Kier alpha value is -1.58. The van der Waals surface area contributed by atoms with Gasteiger partial charge in [-0.2, -0.15) is 0 Å². The van der Waals surface area contributed by atoms with Gasteiger partial charge in [-0.1, -0.05) is 0 Å². The topological polar surface area (TPSA) is 58.9 Å². The average Bonchev–Trinajstić information content (AvgIpc) is 2.12. The first kappa shape index (κ1) is 7.09. The van der Waals surface area contributed by atoms with Crippen LogP contribution in [-0.2, 0) is 9.59 Å². The van der Waals surface area contributed by atoms with Crippen LogP contribution < -0.4 is 0 Å². The largest absolute Gasteiger partial charge is 0.292 e. The van der Waals surface area contributed by atoms with Crippen LogP contribution in [-0.4, -0.2) is 36.1 Å². The van der Waals surface area contributed by atoms with Crippen molar-refractivity contribution < 1.29 is 9.59 Å². The maximum absolute atomic E-state index is 11.1. The standard InChI is InChI=1S/C8H6N2O2/c11-5-1-2-6(12)8-7(5)9-3-4-10-8/h1-4,7-8H. The zero-order valence-electron chi connectivity index (χ0n) is 6.18. The Morgan fingerprint density at radius 3 is 1.75 bits per heavy atom. The second-order valence-electron chi connectivity index (χ2n) is 2.62. The van der Waals surface area contributed by atoms with Crippen molar-refractivity contribution >= 4 is 24.0 Å². The summed E-state index contributed by atoms with van der Waals surface area (Å²) in [5.74, 6) is -0.291. The van der Waals surface area contributed by atoms with Crippen LogP contribution in [0, 0.1) is 0 Å². The molecular formula is C8H6N2O2. The van der Waals surface area contributed by atoms with Crippen molar-refractivity contribution in [3.05, 3.63) is 12.2 Å². The zero-order valence-corrected chi connectivity index (χ0v) is 6.18. The van der Waals surface area contributed by atoms with Crippen molar-refractivity contribution in [2.45, 2.75) is 12.1 Å². The lowest BCUT2D eigenvalue weighted by atomic mass is 9.94. The predicted octanol–water partition coefficient (Wildman–Crippen LogP) is -0.413. The predicted molar refractivity (Wildman–Crippen MR) is 43.7 cm³/mol. The van der Waals surface area contributed by atoms with Crippen LogP contribution in [0.25, 0.3) is 0 Å². The molecule has 1 aliphatic heterocycles. The number of nitrogens with zero attached hydrogens (tertiary/aromatic N) is 2. The van der Waals surface area contributed by atoms with E-state index in [9.17, 15) is 9.59 Å². The van der Waals surface area contributed by atoms with Crippen LogP contribution in [0.15, 0.2) is 22.1 Å². The summed E-state index contributed by atoms with van der Waals surface area (Å²) < 4.78 is 0. The molecule has 2 atom stereocenters. The van der Waals surface area contributed by atoms with E-state index in [1.54, 1.807) is 0 Å². The van der Waals surface area contributed by atoms with Gasteiger partial charge in [0.25, 0.3) is 0 Å². The van der Waals surface area contributed by atoms with Gasteiger partial charge in [-0.3, -0.25) is 19.6 Å². The Morgan fingerprint density at radius 2 is 1.33 bits per heavy atom. The number of aliphatic imine (C=N–C) groups is 2. The van der Waals surface area contributed by atoms with Crippen molar-refractivity contribution in [2.75, 3.05) is 0 Å². The lowest BCUT2D eigenvalue weighted by molar-refractivity contribution is -0.123. The highest BCUT2D eigenvalue weighted by Gasteiger charge is 2.34. The first-order valence-corrected chi connectivity index (χ1v) is 3.60. The molecule has 0 aromatic carbocycles. The minimum Gasteiger partial charge on any atom is -0.292 e. The van der Waals surface area contributed by atoms with Gasteiger partial charge in [0.2, 0.25) is 0 Å². The van der Waals surface area contributed by atoms with E-state index in [0.717, 1.165) is 0 Å². The molecule has 2 unspecified atom stereocenters. The molecule has 0 aromatic heterocycles. The fourth-order valence-electron chi connectivity index (χ4n) is 1.25. The molecule has 0 amide bonds. The van der Waals surface area contributed by atoms with Gasteiger partial charge in [-0.15, -0.1) is 0 Å². The summed E-state index contributed by atoms with van der Waals surface area (Å²) in [6.45, 7) is 0. The van der Waals surface area contributed by atoms with Gasteiger partial charge >= 0.3 is 0 Å².